The molecule has 1 fully saturated rings. The van der Waals surface area contributed by atoms with Gasteiger partial charge >= 0.3 is 0 Å². The highest BCUT2D eigenvalue weighted by Gasteiger charge is 2.37. The quantitative estimate of drug-likeness (QED) is 0.496. The zero-order valence-electron chi connectivity index (χ0n) is 6.72. The van der Waals surface area contributed by atoms with Gasteiger partial charge in [-0.3, -0.25) is 4.79 Å². The van der Waals surface area contributed by atoms with E-state index in [4.69, 9.17) is 0 Å². The number of carbonyl (C=O) groups is 1. The minimum Gasteiger partial charge on any atom is -0.313 e. The first-order valence-electron chi connectivity index (χ1n) is 3.54. The summed E-state index contributed by atoms with van der Waals surface area (Å²) in [4.78, 5) is 12.6. The first-order valence-corrected chi connectivity index (χ1v) is 3.54. The van der Waals surface area contributed by atoms with Gasteiger partial charge in [-0.2, -0.15) is 0 Å². The summed E-state index contributed by atoms with van der Waals surface area (Å²) in [6.45, 7) is 9.51. The van der Waals surface area contributed by atoms with Gasteiger partial charge in [-0.15, -0.1) is 0 Å². The third kappa shape index (κ3) is 0.753. The molecule has 1 aliphatic heterocycles. The summed E-state index contributed by atoms with van der Waals surface area (Å²) < 4.78 is 0. The second-order valence-electron chi connectivity index (χ2n) is 2.91. The predicted octanol–water partition coefficient (Wildman–Crippen LogP) is 1.39. The number of nitrogens with zero attached hydrogens (tertiary/aromatic N) is 1. The van der Waals surface area contributed by atoms with Gasteiger partial charge in [0, 0.05) is 24.6 Å². The van der Waals surface area contributed by atoms with E-state index in [0.29, 0.717) is 12.0 Å². The van der Waals surface area contributed by atoms with Crippen molar-refractivity contribution in [2.75, 3.05) is 0 Å². The van der Waals surface area contributed by atoms with Gasteiger partial charge in [0.25, 0.3) is 0 Å². The number of hydrogen-bond acceptors (Lipinski definition) is 1. The molecule has 1 amide bonds. The molecule has 0 N–H and O–H groups in total. The molecule has 0 saturated carbocycles. The first kappa shape index (κ1) is 7.32. The van der Waals surface area contributed by atoms with Gasteiger partial charge < -0.3 is 4.90 Å². The maximum atomic E-state index is 10.9. The minimum absolute atomic E-state index is 0.107. The molecule has 0 aliphatic carbocycles. The van der Waals surface area contributed by atoms with Crippen molar-refractivity contribution in [1.82, 2.24) is 4.90 Å². The fourth-order valence-electron chi connectivity index (χ4n) is 1.39. The molecule has 1 rings (SSSR count). The molecule has 56 valence electrons. The van der Waals surface area contributed by atoms with Crippen LogP contribution in [0.25, 0.3) is 0 Å². The standard InChI is InChI=1S/C8H13NO/c1-5-6(2)9(7(5)3)8(4)10/h5,7H,2H2,1,3-4H3. The number of rotatable bonds is 0. The zero-order valence-corrected chi connectivity index (χ0v) is 6.72. The summed E-state index contributed by atoms with van der Waals surface area (Å²) in [6, 6.07) is 0.352. The van der Waals surface area contributed by atoms with E-state index in [2.05, 4.69) is 13.5 Å². The molecule has 1 heterocycles. The van der Waals surface area contributed by atoms with Crippen molar-refractivity contribution in [2.24, 2.45) is 5.92 Å². The van der Waals surface area contributed by atoms with Crippen molar-refractivity contribution in [1.29, 1.82) is 0 Å². The monoisotopic (exact) mass is 139 g/mol. The lowest BCUT2D eigenvalue weighted by molar-refractivity contribution is -0.134. The molecule has 1 saturated heterocycles. The van der Waals surface area contributed by atoms with Crippen molar-refractivity contribution < 1.29 is 4.79 Å². The van der Waals surface area contributed by atoms with Crippen LogP contribution in [0.1, 0.15) is 20.8 Å². The summed E-state index contributed by atoms with van der Waals surface area (Å²) in [7, 11) is 0. The number of amides is 1. The molecule has 0 aromatic rings. The van der Waals surface area contributed by atoms with Crippen LogP contribution in [0.5, 0.6) is 0 Å². The molecule has 2 heteroatoms. The van der Waals surface area contributed by atoms with Crippen LogP contribution in [-0.4, -0.2) is 16.8 Å². The van der Waals surface area contributed by atoms with Crippen molar-refractivity contribution >= 4 is 5.91 Å². The average molecular weight is 139 g/mol. The lowest BCUT2D eigenvalue weighted by atomic mass is 9.88. The van der Waals surface area contributed by atoms with Crippen molar-refractivity contribution in [3.8, 4) is 0 Å². The first-order chi connectivity index (χ1) is 4.55. The van der Waals surface area contributed by atoms with E-state index in [-0.39, 0.29) is 5.91 Å². The smallest absolute Gasteiger partial charge is 0.223 e. The Labute approximate surface area is 61.5 Å². The third-order valence-electron chi connectivity index (χ3n) is 2.31. The maximum absolute atomic E-state index is 10.9. The highest BCUT2D eigenvalue weighted by Crippen LogP contribution is 2.33. The van der Waals surface area contributed by atoms with Crippen LogP contribution in [0.2, 0.25) is 0 Å². The van der Waals surface area contributed by atoms with Crippen LogP contribution in [0.4, 0.5) is 0 Å². The molecule has 2 unspecified atom stereocenters. The Morgan fingerprint density at radius 2 is 2.10 bits per heavy atom. The lowest BCUT2D eigenvalue weighted by Crippen LogP contribution is -2.52. The van der Waals surface area contributed by atoms with Gasteiger partial charge in [0.05, 0.1) is 0 Å². The maximum Gasteiger partial charge on any atom is 0.223 e. The molecule has 1 aliphatic rings. The molecule has 0 aromatic heterocycles. The Morgan fingerprint density at radius 1 is 1.60 bits per heavy atom. The Balaban J connectivity index is 2.67. The summed E-state index contributed by atoms with van der Waals surface area (Å²) in [5.74, 6) is 0.583. The predicted molar refractivity (Wildman–Crippen MR) is 40.3 cm³/mol. The van der Waals surface area contributed by atoms with Crippen LogP contribution >= 0.6 is 0 Å². The summed E-state index contributed by atoms with van der Waals surface area (Å²) >= 11 is 0. The second-order valence-corrected chi connectivity index (χ2v) is 2.91. The molecular formula is C8H13NO. The molecule has 0 aromatic carbocycles. The Bertz CT molecular complexity index is 186. The minimum atomic E-state index is 0.107. The Hall–Kier alpha value is -0.790. The van der Waals surface area contributed by atoms with Crippen LogP contribution in [0.15, 0.2) is 12.3 Å². The summed E-state index contributed by atoms with van der Waals surface area (Å²) in [5.41, 5.74) is 0.958. The zero-order chi connectivity index (χ0) is 7.89. The molecule has 10 heavy (non-hydrogen) atoms. The largest absolute Gasteiger partial charge is 0.313 e. The lowest BCUT2D eigenvalue weighted by Gasteiger charge is -2.46. The second kappa shape index (κ2) is 2.11. The normalized spacial score (nSPS) is 31.9. The molecule has 0 radical (unpaired) electrons. The molecular weight excluding hydrogens is 126 g/mol. The number of carbonyl (C=O) groups excluding carboxylic acids is 1. The van der Waals surface area contributed by atoms with Crippen LogP contribution in [0.3, 0.4) is 0 Å². The summed E-state index contributed by atoms with van der Waals surface area (Å²) in [5, 5.41) is 0. The topological polar surface area (TPSA) is 20.3 Å². The van der Waals surface area contributed by atoms with Gasteiger partial charge in [0.1, 0.15) is 0 Å². The van der Waals surface area contributed by atoms with Crippen molar-refractivity contribution in [3.05, 3.63) is 12.3 Å². The average Bonchev–Trinajstić information content (AvgIpc) is 1.87. The van der Waals surface area contributed by atoms with E-state index < -0.39 is 0 Å². The van der Waals surface area contributed by atoms with Crippen LogP contribution in [-0.2, 0) is 4.79 Å². The highest BCUT2D eigenvalue weighted by molar-refractivity contribution is 5.77. The van der Waals surface area contributed by atoms with E-state index in [1.165, 1.54) is 0 Å². The van der Waals surface area contributed by atoms with Crippen molar-refractivity contribution in [3.63, 3.8) is 0 Å². The molecule has 2 atom stereocenters. The van der Waals surface area contributed by atoms with E-state index in [1.54, 1.807) is 11.8 Å². The van der Waals surface area contributed by atoms with Gasteiger partial charge in [-0.1, -0.05) is 13.5 Å². The third-order valence-corrected chi connectivity index (χ3v) is 2.31. The van der Waals surface area contributed by atoms with Crippen LogP contribution in [0, 0.1) is 5.92 Å². The van der Waals surface area contributed by atoms with Gasteiger partial charge in [-0.05, 0) is 6.92 Å². The highest BCUT2D eigenvalue weighted by atomic mass is 16.2. The fourth-order valence-corrected chi connectivity index (χ4v) is 1.39. The summed E-state index contributed by atoms with van der Waals surface area (Å²) in [6.07, 6.45) is 0. The Morgan fingerprint density at radius 3 is 2.30 bits per heavy atom. The van der Waals surface area contributed by atoms with Crippen LogP contribution < -0.4 is 0 Å². The van der Waals surface area contributed by atoms with Gasteiger partial charge in [0.2, 0.25) is 5.91 Å². The fraction of sp³-hybridized carbons (Fsp3) is 0.625. The van der Waals surface area contributed by atoms with E-state index in [9.17, 15) is 4.79 Å². The SMILES string of the molecule is C=C1C(C)C(C)N1C(C)=O. The Kier molecular flexibility index (Phi) is 1.55. The number of hydrogen-bond donors (Lipinski definition) is 0. The number of likely N-dealkylation sites (tertiary alicyclic amines) is 1. The van der Waals surface area contributed by atoms with Gasteiger partial charge in [0.15, 0.2) is 0 Å². The van der Waals surface area contributed by atoms with E-state index in [1.807, 2.05) is 6.92 Å². The van der Waals surface area contributed by atoms with E-state index in [0.717, 1.165) is 5.70 Å². The molecule has 0 spiro atoms. The van der Waals surface area contributed by atoms with Crippen molar-refractivity contribution in [2.45, 2.75) is 26.8 Å². The molecule has 0 bridgehead atoms. The van der Waals surface area contributed by atoms with E-state index >= 15 is 0 Å². The molecule has 2 nitrogen and oxygen atoms in total. The van der Waals surface area contributed by atoms with Gasteiger partial charge in [-0.25, -0.2) is 0 Å².